The Morgan fingerprint density at radius 2 is 1.89 bits per heavy atom. The lowest BCUT2D eigenvalue weighted by atomic mass is 10.0. The van der Waals surface area contributed by atoms with Crippen LogP contribution >= 0.6 is 12.4 Å². The zero-order valence-electron chi connectivity index (χ0n) is 16.3. The number of hydrogen-bond donors (Lipinski definition) is 2. The van der Waals surface area contributed by atoms with E-state index in [-0.39, 0.29) is 36.6 Å². The highest BCUT2D eigenvalue weighted by Crippen LogP contribution is 2.27. The molecule has 2 aromatic rings. The van der Waals surface area contributed by atoms with Crippen molar-refractivity contribution in [1.29, 1.82) is 0 Å². The molecule has 0 spiro atoms. The molecule has 0 bridgehead atoms. The van der Waals surface area contributed by atoms with Gasteiger partial charge in [-0.2, -0.15) is 18.2 Å². The van der Waals surface area contributed by atoms with Gasteiger partial charge in [-0.15, -0.1) is 17.5 Å². The molecule has 0 saturated carbocycles. The van der Waals surface area contributed by atoms with E-state index in [4.69, 9.17) is 5.73 Å². The van der Waals surface area contributed by atoms with Crippen LogP contribution in [0.3, 0.4) is 0 Å². The van der Waals surface area contributed by atoms with Gasteiger partial charge in [0.25, 0.3) is 11.6 Å². The summed E-state index contributed by atoms with van der Waals surface area (Å²) in [4.78, 5) is 19.8. The highest BCUT2D eigenvalue weighted by Gasteiger charge is 2.37. The minimum absolute atomic E-state index is 0. The van der Waals surface area contributed by atoms with Crippen molar-refractivity contribution in [3.05, 3.63) is 22.8 Å². The number of carbonyl (C=O) groups excluding carboxylic acids is 1. The molecule has 1 atom stereocenters. The third-order valence-electron chi connectivity index (χ3n) is 4.31. The van der Waals surface area contributed by atoms with Crippen LogP contribution in [-0.4, -0.2) is 38.1 Å². The van der Waals surface area contributed by atoms with Crippen LogP contribution in [-0.2, 0) is 17.4 Å². The van der Waals surface area contributed by atoms with Crippen molar-refractivity contribution >= 4 is 24.1 Å². The number of nitrogens with zero attached hydrogens (tertiary/aromatic N) is 4. The Kier molecular flexibility index (Phi) is 8.18. The summed E-state index contributed by atoms with van der Waals surface area (Å²) >= 11 is 0. The summed E-state index contributed by atoms with van der Waals surface area (Å²) in [6.07, 6.45) is -3.33. The fourth-order valence-electron chi connectivity index (χ4n) is 3.01. The fraction of sp³-hybridized carbons (Fsp3) is 0.647. The zero-order valence-corrected chi connectivity index (χ0v) is 17.1. The number of alkyl halides is 3. The van der Waals surface area contributed by atoms with E-state index >= 15 is 0 Å². The third-order valence-corrected chi connectivity index (χ3v) is 4.31. The molecule has 7 nitrogen and oxygen atoms in total. The highest BCUT2D eigenvalue weighted by atomic mass is 35.5. The Morgan fingerprint density at radius 1 is 1.25 bits per heavy atom. The molecule has 158 valence electrons. The van der Waals surface area contributed by atoms with Gasteiger partial charge < -0.3 is 11.1 Å². The van der Waals surface area contributed by atoms with Gasteiger partial charge in [0.05, 0.1) is 0 Å². The first kappa shape index (κ1) is 24.1. The van der Waals surface area contributed by atoms with E-state index in [2.05, 4.69) is 34.2 Å². The van der Waals surface area contributed by atoms with Crippen LogP contribution in [0.15, 0.2) is 0 Å². The summed E-state index contributed by atoms with van der Waals surface area (Å²) in [5, 5.41) is 6.41. The number of carbonyl (C=O) groups is 1. The average molecular weight is 423 g/mol. The maximum atomic E-state index is 12.8. The molecule has 0 aliphatic heterocycles. The van der Waals surface area contributed by atoms with Crippen molar-refractivity contribution in [2.45, 2.75) is 59.2 Å². The largest absolute Gasteiger partial charge is 0.453 e. The second-order valence-corrected chi connectivity index (χ2v) is 7.04. The van der Waals surface area contributed by atoms with Crippen molar-refractivity contribution < 1.29 is 18.0 Å². The van der Waals surface area contributed by atoms with Crippen molar-refractivity contribution in [1.82, 2.24) is 24.9 Å². The second kappa shape index (κ2) is 9.51. The summed E-state index contributed by atoms with van der Waals surface area (Å²) in [6, 6.07) is -0.0926. The van der Waals surface area contributed by atoms with E-state index < -0.39 is 12.0 Å². The molecular formula is C17H26ClF3N6O. The average Bonchev–Trinajstić information content (AvgIpc) is 2.97. The Balaban J connectivity index is 0.00000392. The van der Waals surface area contributed by atoms with Gasteiger partial charge in [0.1, 0.15) is 0 Å². The van der Waals surface area contributed by atoms with E-state index in [9.17, 15) is 18.0 Å². The zero-order chi connectivity index (χ0) is 20.4. The topological polar surface area (TPSA) is 98.2 Å². The molecule has 2 rings (SSSR count). The van der Waals surface area contributed by atoms with E-state index in [1.807, 2.05) is 0 Å². The van der Waals surface area contributed by atoms with Crippen LogP contribution in [0, 0.1) is 19.8 Å². The lowest BCUT2D eigenvalue weighted by molar-refractivity contribution is -0.144. The molecule has 0 aliphatic carbocycles. The Hall–Kier alpha value is -1.94. The van der Waals surface area contributed by atoms with Crippen molar-refractivity contribution in [3.63, 3.8) is 0 Å². The Labute approximate surface area is 167 Å². The van der Waals surface area contributed by atoms with E-state index in [1.54, 1.807) is 13.8 Å². The Morgan fingerprint density at radius 3 is 2.43 bits per heavy atom. The molecule has 2 heterocycles. The number of rotatable bonds is 7. The number of hydrogen-bond acceptors (Lipinski definition) is 5. The van der Waals surface area contributed by atoms with Gasteiger partial charge in [-0.05, 0) is 38.2 Å². The minimum Gasteiger partial charge on any atom is -0.352 e. The molecule has 0 aliphatic rings. The fourth-order valence-corrected chi connectivity index (χ4v) is 3.01. The first-order valence-corrected chi connectivity index (χ1v) is 8.82. The molecule has 0 aromatic carbocycles. The number of nitrogens with one attached hydrogen (secondary N) is 1. The van der Waals surface area contributed by atoms with Gasteiger partial charge in [0, 0.05) is 30.4 Å². The number of aromatic nitrogens is 4. The maximum Gasteiger partial charge on any atom is 0.453 e. The predicted molar refractivity (Wildman–Crippen MR) is 101 cm³/mol. The van der Waals surface area contributed by atoms with E-state index in [0.717, 1.165) is 10.9 Å². The third kappa shape index (κ3) is 5.78. The van der Waals surface area contributed by atoms with Crippen LogP contribution in [0.2, 0.25) is 0 Å². The molecular weight excluding hydrogens is 397 g/mol. The van der Waals surface area contributed by atoms with Crippen LogP contribution in [0.4, 0.5) is 13.2 Å². The summed E-state index contributed by atoms with van der Waals surface area (Å²) in [5.74, 6) is -1.08. The highest BCUT2D eigenvalue weighted by molar-refractivity contribution is 5.85. The van der Waals surface area contributed by atoms with Gasteiger partial charge in [0.15, 0.2) is 0 Å². The first-order valence-electron chi connectivity index (χ1n) is 8.82. The lowest BCUT2D eigenvalue weighted by Gasteiger charge is -2.19. The molecule has 0 saturated heterocycles. The molecule has 2 aromatic heterocycles. The van der Waals surface area contributed by atoms with E-state index in [1.165, 1.54) is 0 Å². The van der Waals surface area contributed by atoms with Crippen molar-refractivity contribution in [3.8, 4) is 0 Å². The molecule has 0 radical (unpaired) electrons. The van der Waals surface area contributed by atoms with Gasteiger partial charge in [-0.3, -0.25) is 4.79 Å². The standard InChI is InChI=1S/C17H25F3N6O.ClH/c1-9(2)7-12(8-21)23-14(27)6-5-13-10(3)22-16-24-15(17(18,19)20)25-26(16)11(13)4;/h9,12H,5-8,21H2,1-4H3,(H,23,27);1H. The van der Waals surface area contributed by atoms with Gasteiger partial charge in [-0.25, -0.2) is 9.50 Å². The summed E-state index contributed by atoms with van der Waals surface area (Å²) in [7, 11) is 0. The smallest absolute Gasteiger partial charge is 0.352 e. The van der Waals surface area contributed by atoms with Crippen LogP contribution in [0.1, 0.15) is 49.5 Å². The summed E-state index contributed by atoms with van der Waals surface area (Å²) in [5.41, 5.74) is 7.40. The SMILES string of the molecule is Cc1nc2nc(C(F)(F)F)nn2c(C)c1CCC(=O)NC(CN)CC(C)C.Cl. The number of amides is 1. The van der Waals surface area contributed by atoms with E-state index in [0.29, 0.717) is 35.8 Å². The lowest BCUT2D eigenvalue weighted by Crippen LogP contribution is -2.41. The van der Waals surface area contributed by atoms with Gasteiger partial charge in [-0.1, -0.05) is 13.8 Å². The molecule has 3 N–H and O–H groups in total. The number of fused-ring (bicyclic) bond motifs is 1. The Bertz CT molecular complexity index is 821. The normalized spacial score (nSPS) is 12.9. The maximum absolute atomic E-state index is 12.8. The van der Waals surface area contributed by atoms with Gasteiger partial charge >= 0.3 is 6.18 Å². The number of nitrogens with two attached hydrogens (primary N) is 1. The number of aryl methyl sites for hydroxylation is 2. The van der Waals surface area contributed by atoms with Crippen LogP contribution in [0.25, 0.3) is 5.78 Å². The second-order valence-electron chi connectivity index (χ2n) is 7.04. The molecule has 11 heteroatoms. The molecule has 28 heavy (non-hydrogen) atoms. The molecule has 1 unspecified atom stereocenters. The number of halogens is 4. The van der Waals surface area contributed by atoms with Crippen molar-refractivity contribution in [2.75, 3.05) is 6.54 Å². The quantitative estimate of drug-likeness (QED) is 0.714. The monoisotopic (exact) mass is 422 g/mol. The van der Waals surface area contributed by atoms with Crippen molar-refractivity contribution in [2.24, 2.45) is 11.7 Å². The first-order chi connectivity index (χ1) is 12.5. The van der Waals surface area contributed by atoms with Gasteiger partial charge in [0.2, 0.25) is 5.91 Å². The predicted octanol–water partition coefficient (Wildman–Crippen LogP) is 2.60. The minimum atomic E-state index is -4.64. The summed E-state index contributed by atoms with van der Waals surface area (Å²) in [6.45, 7) is 7.79. The van der Waals surface area contributed by atoms with Crippen LogP contribution < -0.4 is 11.1 Å². The molecule has 0 fully saturated rings. The van der Waals surface area contributed by atoms with Crippen LogP contribution in [0.5, 0.6) is 0 Å². The molecule has 1 amide bonds. The summed E-state index contributed by atoms with van der Waals surface area (Å²) < 4.78 is 39.6.